The van der Waals surface area contributed by atoms with Crippen molar-refractivity contribution in [2.45, 2.75) is 19.3 Å². The van der Waals surface area contributed by atoms with Gasteiger partial charge in [-0.3, -0.25) is 0 Å². The number of fused-ring (bicyclic) bond motifs is 1. The van der Waals surface area contributed by atoms with Crippen molar-refractivity contribution in [2.75, 3.05) is 13.1 Å². The Hall–Kier alpha value is -0.570. The van der Waals surface area contributed by atoms with Crippen LogP contribution in [0, 0.1) is 11.8 Å². The third-order valence-electron chi connectivity index (χ3n) is 4.06. The van der Waals surface area contributed by atoms with E-state index >= 15 is 0 Å². The van der Waals surface area contributed by atoms with Crippen molar-refractivity contribution < 1.29 is 0 Å². The maximum Gasteiger partial charge on any atom is 0.147 e. The summed E-state index contributed by atoms with van der Waals surface area (Å²) in [5.41, 5.74) is 2.52. The number of halogens is 2. The molecule has 4 heteroatoms. The second-order valence-electron chi connectivity index (χ2n) is 5.09. The van der Waals surface area contributed by atoms with Crippen molar-refractivity contribution in [3.8, 4) is 0 Å². The van der Waals surface area contributed by atoms with Crippen LogP contribution in [0.3, 0.4) is 0 Å². The minimum absolute atomic E-state index is 0.384. The SMILES string of the molecule is Clc1cc(C2=CCCC3CCNCC23)cnc1Cl. The van der Waals surface area contributed by atoms with Crippen LogP contribution in [0.1, 0.15) is 24.8 Å². The van der Waals surface area contributed by atoms with Crippen LogP contribution in [0.25, 0.3) is 5.57 Å². The van der Waals surface area contributed by atoms with E-state index in [2.05, 4.69) is 16.4 Å². The van der Waals surface area contributed by atoms with Crippen molar-refractivity contribution >= 4 is 28.8 Å². The Bertz CT molecular complexity index is 485. The summed E-state index contributed by atoms with van der Waals surface area (Å²) in [5.74, 6) is 1.41. The van der Waals surface area contributed by atoms with E-state index in [1.54, 1.807) is 0 Å². The molecule has 1 aromatic rings. The second-order valence-corrected chi connectivity index (χ2v) is 5.86. The summed E-state index contributed by atoms with van der Waals surface area (Å²) in [6, 6.07) is 1.94. The molecule has 96 valence electrons. The molecule has 0 aromatic carbocycles. The zero-order valence-corrected chi connectivity index (χ0v) is 11.6. The Morgan fingerprint density at radius 2 is 2.17 bits per heavy atom. The highest BCUT2D eigenvalue weighted by molar-refractivity contribution is 6.41. The van der Waals surface area contributed by atoms with Crippen LogP contribution >= 0.6 is 23.2 Å². The maximum atomic E-state index is 6.07. The van der Waals surface area contributed by atoms with E-state index in [0.29, 0.717) is 16.1 Å². The van der Waals surface area contributed by atoms with E-state index in [9.17, 15) is 0 Å². The molecule has 2 heterocycles. The molecule has 0 amide bonds. The lowest BCUT2D eigenvalue weighted by Gasteiger charge is -2.37. The molecule has 1 saturated heterocycles. The van der Waals surface area contributed by atoms with Gasteiger partial charge in [0.05, 0.1) is 5.02 Å². The molecule has 2 atom stereocenters. The number of allylic oxidation sites excluding steroid dienone is 1. The third kappa shape index (κ3) is 2.29. The molecule has 2 aliphatic rings. The number of aromatic nitrogens is 1. The van der Waals surface area contributed by atoms with Crippen molar-refractivity contribution in [3.05, 3.63) is 34.1 Å². The summed E-state index contributed by atoms with van der Waals surface area (Å²) in [4.78, 5) is 4.16. The summed E-state index contributed by atoms with van der Waals surface area (Å²) >= 11 is 12.0. The molecular weight excluding hydrogens is 267 g/mol. The highest BCUT2D eigenvalue weighted by Gasteiger charge is 2.30. The van der Waals surface area contributed by atoms with Gasteiger partial charge in [0.25, 0.3) is 0 Å². The summed E-state index contributed by atoms with van der Waals surface area (Å²) < 4.78 is 0. The topological polar surface area (TPSA) is 24.9 Å². The zero-order chi connectivity index (χ0) is 12.5. The van der Waals surface area contributed by atoms with Crippen LogP contribution in [-0.4, -0.2) is 18.1 Å². The maximum absolute atomic E-state index is 6.07. The van der Waals surface area contributed by atoms with Crippen LogP contribution in [0.5, 0.6) is 0 Å². The van der Waals surface area contributed by atoms with Gasteiger partial charge in [-0.05, 0) is 54.8 Å². The van der Waals surface area contributed by atoms with E-state index < -0.39 is 0 Å². The van der Waals surface area contributed by atoms with Gasteiger partial charge in [0.2, 0.25) is 0 Å². The summed E-state index contributed by atoms with van der Waals surface area (Å²) in [6.45, 7) is 2.21. The Morgan fingerprint density at radius 1 is 1.28 bits per heavy atom. The van der Waals surface area contributed by atoms with Crippen molar-refractivity contribution in [1.82, 2.24) is 10.3 Å². The first kappa shape index (κ1) is 12.5. The normalized spacial score (nSPS) is 27.6. The predicted molar refractivity (Wildman–Crippen MR) is 75.9 cm³/mol. The fraction of sp³-hybridized carbons (Fsp3) is 0.500. The molecule has 18 heavy (non-hydrogen) atoms. The second kappa shape index (κ2) is 5.20. The first-order chi connectivity index (χ1) is 8.75. The summed E-state index contributed by atoms with van der Waals surface area (Å²) in [6.07, 6.45) is 7.94. The highest BCUT2D eigenvalue weighted by Crippen LogP contribution is 2.40. The number of nitrogens with one attached hydrogen (secondary N) is 1. The molecule has 1 aromatic heterocycles. The number of hydrogen-bond acceptors (Lipinski definition) is 2. The summed E-state index contributed by atoms with van der Waals surface area (Å²) in [7, 11) is 0. The molecule has 1 aliphatic carbocycles. The lowest BCUT2D eigenvalue weighted by molar-refractivity contribution is 0.285. The molecule has 0 saturated carbocycles. The number of hydrogen-bond donors (Lipinski definition) is 1. The minimum Gasteiger partial charge on any atom is -0.316 e. The van der Waals surface area contributed by atoms with Gasteiger partial charge in [-0.15, -0.1) is 0 Å². The van der Waals surface area contributed by atoms with E-state index in [4.69, 9.17) is 23.2 Å². The zero-order valence-electron chi connectivity index (χ0n) is 10.1. The minimum atomic E-state index is 0.384. The predicted octanol–water partition coefficient (Wildman–Crippen LogP) is 3.79. The van der Waals surface area contributed by atoms with Gasteiger partial charge in [0.1, 0.15) is 5.15 Å². The van der Waals surface area contributed by atoms with Gasteiger partial charge in [0.15, 0.2) is 0 Å². The van der Waals surface area contributed by atoms with Crippen LogP contribution < -0.4 is 5.32 Å². The van der Waals surface area contributed by atoms with Gasteiger partial charge in [-0.1, -0.05) is 29.3 Å². The van der Waals surface area contributed by atoms with Crippen LogP contribution in [-0.2, 0) is 0 Å². The first-order valence-electron chi connectivity index (χ1n) is 6.48. The van der Waals surface area contributed by atoms with E-state index in [-0.39, 0.29) is 0 Å². The quantitative estimate of drug-likeness (QED) is 0.793. The van der Waals surface area contributed by atoms with Gasteiger partial charge in [-0.25, -0.2) is 4.98 Å². The van der Waals surface area contributed by atoms with E-state index in [1.807, 2.05) is 12.3 Å². The molecule has 0 bridgehead atoms. The fourth-order valence-electron chi connectivity index (χ4n) is 3.14. The highest BCUT2D eigenvalue weighted by atomic mass is 35.5. The molecule has 0 radical (unpaired) electrons. The number of piperidine rings is 1. The van der Waals surface area contributed by atoms with Gasteiger partial charge >= 0.3 is 0 Å². The number of rotatable bonds is 1. The summed E-state index contributed by atoms with van der Waals surface area (Å²) in [5, 5.41) is 4.42. The smallest absolute Gasteiger partial charge is 0.147 e. The van der Waals surface area contributed by atoms with Crippen molar-refractivity contribution in [1.29, 1.82) is 0 Å². The van der Waals surface area contributed by atoms with Crippen LogP contribution in [0.4, 0.5) is 0 Å². The lowest BCUT2D eigenvalue weighted by Crippen LogP contribution is -2.38. The Labute approximate surface area is 117 Å². The van der Waals surface area contributed by atoms with Crippen LogP contribution in [0.2, 0.25) is 10.2 Å². The average molecular weight is 283 g/mol. The van der Waals surface area contributed by atoms with E-state index in [0.717, 1.165) is 31.0 Å². The molecule has 1 N–H and O–H groups in total. The Balaban J connectivity index is 1.94. The molecule has 1 aliphatic heterocycles. The molecule has 1 fully saturated rings. The van der Waals surface area contributed by atoms with Gasteiger partial charge in [-0.2, -0.15) is 0 Å². The molecule has 0 spiro atoms. The average Bonchev–Trinajstić information content (AvgIpc) is 2.41. The molecule has 2 nitrogen and oxygen atoms in total. The molecule has 3 rings (SSSR count). The third-order valence-corrected chi connectivity index (χ3v) is 4.74. The van der Waals surface area contributed by atoms with E-state index in [1.165, 1.54) is 18.4 Å². The molecule has 2 unspecified atom stereocenters. The van der Waals surface area contributed by atoms with Gasteiger partial charge in [0, 0.05) is 12.7 Å². The standard InChI is InChI=1S/C14H16Cl2N2/c15-13-6-10(7-18-14(13)16)11-3-1-2-9-4-5-17-8-12(9)11/h3,6-7,9,12,17H,1-2,4-5,8H2. The van der Waals surface area contributed by atoms with Crippen molar-refractivity contribution in [3.63, 3.8) is 0 Å². The van der Waals surface area contributed by atoms with Gasteiger partial charge < -0.3 is 5.32 Å². The van der Waals surface area contributed by atoms with Crippen LogP contribution in [0.15, 0.2) is 18.3 Å². The Kier molecular flexibility index (Phi) is 3.60. The monoisotopic (exact) mass is 282 g/mol. The lowest BCUT2D eigenvalue weighted by atomic mass is 9.73. The number of nitrogens with zero attached hydrogens (tertiary/aromatic N) is 1. The van der Waals surface area contributed by atoms with Crippen molar-refractivity contribution in [2.24, 2.45) is 11.8 Å². The largest absolute Gasteiger partial charge is 0.316 e. The molecular formula is C14H16Cl2N2. The first-order valence-corrected chi connectivity index (χ1v) is 7.23. The fourth-order valence-corrected chi connectivity index (χ4v) is 3.41. The number of pyridine rings is 1. The Morgan fingerprint density at radius 3 is 3.00 bits per heavy atom.